The zero-order valence-electron chi connectivity index (χ0n) is 12.1. The molecule has 23 heavy (non-hydrogen) atoms. The first-order chi connectivity index (χ1) is 10.6. The molecule has 0 aliphatic rings. The Morgan fingerprint density at radius 2 is 1.83 bits per heavy atom. The second kappa shape index (κ2) is 6.67. The Labute approximate surface area is 144 Å². The van der Waals surface area contributed by atoms with Crippen LogP contribution in [0.3, 0.4) is 0 Å². The number of nitrogens with one attached hydrogen (secondary N) is 1. The van der Waals surface area contributed by atoms with Crippen molar-refractivity contribution in [2.45, 2.75) is 17.4 Å². The van der Waals surface area contributed by atoms with E-state index in [-0.39, 0.29) is 16.5 Å². The van der Waals surface area contributed by atoms with Crippen molar-refractivity contribution >= 4 is 33.2 Å². The van der Waals surface area contributed by atoms with E-state index >= 15 is 0 Å². The van der Waals surface area contributed by atoms with Crippen LogP contribution < -0.4 is 4.72 Å². The van der Waals surface area contributed by atoms with Gasteiger partial charge in [0.2, 0.25) is 10.0 Å². The predicted molar refractivity (Wildman–Crippen MR) is 89.3 cm³/mol. The fraction of sp³-hybridized carbons (Fsp3) is 0.200. The van der Waals surface area contributed by atoms with Crippen molar-refractivity contribution in [1.29, 1.82) is 0 Å². The van der Waals surface area contributed by atoms with E-state index in [1.54, 1.807) is 24.3 Å². The lowest BCUT2D eigenvalue weighted by atomic mass is 9.96. The lowest BCUT2D eigenvalue weighted by Gasteiger charge is -2.24. The molecule has 2 aromatic rings. The van der Waals surface area contributed by atoms with Crippen molar-refractivity contribution in [2.24, 2.45) is 0 Å². The zero-order chi connectivity index (χ0) is 17.3. The second-order valence-electron chi connectivity index (χ2n) is 5.20. The Kier molecular flexibility index (Phi) is 5.23. The van der Waals surface area contributed by atoms with Crippen LogP contribution in [-0.2, 0) is 15.6 Å². The molecule has 0 saturated heterocycles. The molecule has 8 heteroatoms. The Balaban J connectivity index is 2.23. The largest absolute Gasteiger partial charge is 0.505 e. The second-order valence-corrected chi connectivity index (χ2v) is 7.77. The number of phenols is 1. The molecular weight excluding hydrogens is 361 g/mol. The first-order valence-electron chi connectivity index (χ1n) is 6.59. The molecule has 3 N–H and O–H groups in total. The summed E-state index contributed by atoms with van der Waals surface area (Å²) in [6.45, 7) is 1.15. The summed E-state index contributed by atoms with van der Waals surface area (Å²) in [6, 6.07) is 10.5. The maximum atomic E-state index is 12.3. The molecule has 124 valence electrons. The van der Waals surface area contributed by atoms with Gasteiger partial charge in [-0.3, -0.25) is 0 Å². The molecule has 2 aromatic carbocycles. The number of phenolic OH excluding ortho intramolecular Hbond substituents is 1. The van der Waals surface area contributed by atoms with Crippen molar-refractivity contribution in [2.75, 3.05) is 6.54 Å². The van der Waals surface area contributed by atoms with Crippen molar-refractivity contribution in [3.63, 3.8) is 0 Å². The molecule has 0 bridgehead atoms. The molecule has 0 aromatic heterocycles. The predicted octanol–water partition coefficient (Wildman–Crippen LogP) is 2.89. The van der Waals surface area contributed by atoms with Gasteiger partial charge in [0.15, 0.2) is 5.75 Å². The number of sulfonamides is 1. The van der Waals surface area contributed by atoms with Gasteiger partial charge in [0.1, 0.15) is 10.5 Å². The van der Waals surface area contributed by atoms with E-state index in [0.717, 1.165) is 0 Å². The van der Waals surface area contributed by atoms with E-state index in [2.05, 4.69) is 4.72 Å². The number of rotatable bonds is 5. The number of halogens is 2. The Bertz CT molecular complexity index is 822. The minimum Gasteiger partial charge on any atom is -0.505 e. The van der Waals surface area contributed by atoms with Gasteiger partial charge in [-0.15, -0.1) is 0 Å². The number of aliphatic hydroxyl groups is 1. The molecule has 0 fully saturated rings. The lowest BCUT2D eigenvalue weighted by Crippen LogP contribution is -2.38. The van der Waals surface area contributed by atoms with Crippen LogP contribution in [0.25, 0.3) is 0 Å². The monoisotopic (exact) mass is 375 g/mol. The molecule has 0 saturated carbocycles. The van der Waals surface area contributed by atoms with E-state index in [0.29, 0.717) is 10.6 Å². The van der Waals surface area contributed by atoms with Crippen LogP contribution in [0.2, 0.25) is 10.0 Å². The fourth-order valence-corrected chi connectivity index (χ4v) is 3.62. The highest BCUT2D eigenvalue weighted by Gasteiger charge is 2.28. The van der Waals surface area contributed by atoms with Crippen LogP contribution in [0, 0.1) is 0 Å². The van der Waals surface area contributed by atoms with Gasteiger partial charge >= 0.3 is 0 Å². The Hall–Kier alpha value is -1.31. The standard InChI is InChI=1S/C15H15Cl2NO4S/c1-15(20,10-4-2-5-11(16)8-10)9-18-23(21,22)13-7-3-6-12(17)14(13)19/h2-8,18-20H,9H2,1H3. The van der Waals surface area contributed by atoms with E-state index in [1.807, 2.05) is 0 Å². The van der Waals surface area contributed by atoms with Crippen LogP contribution in [0.15, 0.2) is 47.4 Å². The van der Waals surface area contributed by atoms with Crippen molar-refractivity contribution in [3.05, 3.63) is 58.1 Å². The molecule has 1 atom stereocenters. The number of aromatic hydroxyl groups is 1. The van der Waals surface area contributed by atoms with E-state index < -0.39 is 21.4 Å². The van der Waals surface area contributed by atoms with Crippen molar-refractivity contribution in [3.8, 4) is 5.75 Å². The zero-order valence-corrected chi connectivity index (χ0v) is 14.5. The Morgan fingerprint density at radius 3 is 2.48 bits per heavy atom. The van der Waals surface area contributed by atoms with E-state index in [4.69, 9.17) is 23.2 Å². The van der Waals surface area contributed by atoms with Crippen LogP contribution in [0.1, 0.15) is 12.5 Å². The molecule has 5 nitrogen and oxygen atoms in total. The maximum absolute atomic E-state index is 12.3. The smallest absolute Gasteiger partial charge is 0.244 e. The first-order valence-corrected chi connectivity index (χ1v) is 8.83. The fourth-order valence-electron chi connectivity index (χ4n) is 1.95. The normalized spacial score (nSPS) is 14.4. The highest BCUT2D eigenvalue weighted by molar-refractivity contribution is 7.89. The molecule has 0 aliphatic heterocycles. The third-order valence-electron chi connectivity index (χ3n) is 3.29. The van der Waals surface area contributed by atoms with Gasteiger partial charge in [0.05, 0.1) is 5.02 Å². The van der Waals surface area contributed by atoms with Gasteiger partial charge in [-0.2, -0.15) is 0 Å². The molecule has 0 spiro atoms. The van der Waals surface area contributed by atoms with Gasteiger partial charge in [0.25, 0.3) is 0 Å². The quantitative estimate of drug-likeness (QED) is 0.749. The summed E-state index contributed by atoms with van der Waals surface area (Å²) in [5.41, 5.74) is -1.02. The van der Waals surface area contributed by atoms with Crippen molar-refractivity contribution in [1.82, 2.24) is 4.72 Å². The van der Waals surface area contributed by atoms with Gasteiger partial charge in [-0.05, 0) is 36.8 Å². The highest BCUT2D eigenvalue weighted by atomic mass is 35.5. The van der Waals surface area contributed by atoms with Crippen LogP contribution in [-0.4, -0.2) is 25.2 Å². The number of benzene rings is 2. The summed E-state index contributed by atoms with van der Waals surface area (Å²) >= 11 is 11.6. The van der Waals surface area contributed by atoms with Gasteiger partial charge in [0, 0.05) is 11.6 Å². The molecule has 0 heterocycles. The number of para-hydroxylation sites is 1. The van der Waals surface area contributed by atoms with Gasteiger partial charge in [-0.1, -0.05) is 41.4 Å². The SMILES string of the molecule is CC(O)(CNS(=O)(=O)c1cccc(Cl)c1O)c1cccc(Cl)c1. The van der Waals surface area contributed by atoms with Crippen LogP contribution in [0.5, 0.6) is 5.75 Å². The highest BCUT2D eigenvalue weighted by Crippen LogP contribution is 2.31. The maximum Gasteiger partial charge on any atom is 0.244 e. The number of hydrogen-bond acceptors (Lipinski definition) is 4. The number of hydrogen-bond donors (Lipinski definition) is 3. The average Bonchev–Trinajstić information content (AvgIpc) is 2.48. The van der Waals surface area contributed by atoms with Crippen molar-refractivity contribution < 1.29 is 18.6 Å². The van der Waals surface area contributed by atoms with E-state index in [9.17, 15) is 18.6 Å². The lowest BCUT2D eigenvalue weighted by molar-refractivity contribution is 0.0627. The summed E-state index contributed by atoms with van der Waals surface area (Å²) in [5, 5.41) is 20.6. The first kappa shape index (κ1) is 18.0. The molecule has 2 rings (SSSR count). The topological polar surface area (TPSA) is 86.6 Å². The minimum atomic E-state index is -4.04. The summed E-state index contributed by atoms with van der Waals surface area (Å²) < 4.78 is 26.8. The third-order valence-corrected chi connectivity index (χ3v) is 5.27. The van der Waals surface area contributed by atoms with Crippen LogP contribution in [0.4, 0.5) is 0 Å². The summed E-state index contributed by atoms with van der Waals surface area (Å²) in [7, 11) is -4.04. The molecule has 1 unspecified atom stereocenters. The molecule has 0 amide bonds. The van der Waals surface area contributed by atoms with Gasteiger partial charge in [-0.25, -0.2) is 13.1 Å². The summed E-state index contributed by atoms with van der Waals surface area (Å²) in [5.74, 6) is -0.538. The minimum absolute atomic E-state index is 0.0746. The van der Waals surface area contributed by atoms with E-state index in [1.165, 1.54) is 25.1 Å². The summed E-state index contributed by atoms with van der Waals surface area (Å²) in [4.78, 5) is -0.355. The average molecular weight is 376 g/mol. The summed E-state index contributed by atoms with van der Waals surface area (Å²) in [6.07, 6.45) is 0. The van der Waals surface area contributed by atoms with Gasteiger partial charge < -0.3 is 10.2 Å². The molecule has 0 radical (unpaired) electrons. The molecule has 0 aliphatic carbocycles. The van der Waals surface area contributed by atoms with Crippen LogP contribution >= 0.6 is 23.2 Å². The third kappa shape index (κ3) is 4.16. The Morgan fingerprint density at radius 1 is 1.17 bits per heavy atom. The molecular formula is C15H15Cl2NO4S.